The molecule has 0 radical (unpaired) electrons. The van der Waals surface area contributed by atoms with E-state index in [1.54, 1.807) is 13.0 Å². The first kappa shape index (κ1) is 19.9. The molecule has 2 aliphatic heterocycles. The van der Waals surface area contributed by atoms with Crippen molar-refractivity contribution >= 4 is 5.95 Å². The van der Waals surface area contributed by atoms with Gasteiger partial charge in [-0.1, -0.05) is 12.1 Å². The molecule has 156 valence electrons. The van der Waals surface area contributed by atoms with Crippen LogP contribution in [0.1, 0.15) is 16.7 Å². The number of nitrogens with zero attached hydrogens (tertiary/aromatic N) is 4. The Bertz CT molecular complexity index is 845. The standard InChI is InChI=1S/C20H23F3N4O2/c1-14-3-2-4-18(20(21,22)23)17(14)13-29-16-9-24-19(25-10-16)27-6-5-26-7-8-28-12-15(26)11-27/h2-4,9-10,15H,5-8,11-13H2,1H3. The van der Waals surface area contributed by atoms with Crippen LogP contribution < -0.4 is 9.64 Å². The van der Waals surface area contributed by atoms with Gasteiger partial charge in [0.15, 0.2) is 5.75 Å². The molecule has 0 bridgehead atoms. The van der Waals surface area contributed by atoms with Crippen molar-refractivity contribution in [1.82, 2.24) is 14.9 Å². The molecule has 0 spiro atoms. The fraction of sp³-hybridized carbons (Fsp3) is 0.500. The molecule has 9 heteroatoms. The molecule has 2 aromatic rings. The molecular weight excluding hydrogens is 385 g/mol. The van der Waals surface area contributed by atoms with Crippen molar-refractivity contribution in [3.63, 3.8) is 0 Å². The van der Waals surface area contributed by atoms with Crippen LogP contribution in [0.25, 0.3) is 0 Å². The largest absolute Gasteiger partial charge is 0.486 e. The minimum atomic E-state index is -4.42. The Kier molecular flexibility index (Phi) is 5.60. The van der Waals surface area contributed by atoms with Gasteiger partial charge in [-0.2, -0.15) is 13.2 Å². The van der Waals surface area contributed by atoms with Crippen molar-refractivity contribution in [2.75, 3.05) is 44.3 Å². The van der Waals surface area contributed by atoms with Gasteiger partial charge in [-0.15, -0.1) is 0 Å². The first-order chi connectivity index (χ1) is 13.9. The van der Waals surface area contributed by atoms with Crippen LogP contribution >= 0.6 is 0 Å². The summed E-state index contributed by atoms with van der Waals surface area (Å²) in [5.74, 6) is 0.930. The minimum absolute atomic E-state index is 0.123. The van der Waals surface area contributed by atoms with Crippen LogP contribution in [0.2, 0.25) is 0 Å². The number of piperazine rings is 1. The highest BCUT2D eigenvalue weighted by molar-refractivity contribution is 5.37. The number of anilines is 1. The van der Waals surface area contributed by atoms with Crippen LogP contribution in [-0.2, 0) is 17.5 Å². The molecule has 0 N–H and O–H groups in total. The molecular formula is C20H23F3N4O2. The maximum absolute atomic E-state index is 13.2. The maximum Gasteiger partial charge on any atom is 0.416 e. The highest BCUT2D eigenvalue weighted by Gasteiger charge is 2.34. The Hall–Kier alpha value is -2.39. The molecule has 2 aliphatic rings. The molecule has 6 nitrogen and oxygen atoms in total. The summed E-state index contributed by atoms with van der Waals surface area (Å²) >= 11 is 0. The van der Waals surface area contributed by atoms with Gasteiger partial charge in [0.05, 0.1) is 37.2 Å². The number of hydrogen-bond acceptors (Lipinski definition) is 6. The highest BCUT2D eigenvalue weighted by atomic mass is 19.4. The van der Waals surface area contributed by atoms with Crippen LogP contribution in [0.15, 0.2) is 30.6 Å². The lowest BCUT2D eigenvalue weighted by Crippen LogP contribution is -2.58. The van der Waals surface area contributed by atoms with E-state index >= 15 is 0 Å². The molecule has 1 atom stereocenters. The summed E-state index contributed by atoms with van der Waals surface area (Å²) in [6, 6.07) is 4.44. The number of ether oxygens (including phenoxy) is 2. The number of morpholine rings is 1. The summed E-state index contributed by atoms with van der Waals surface area (Å²) in [6.45, 7) is 6.43. The molecule has 29 heavy (non-hydrogen) atoms. The molecule has 0 aliphatic carbocycles. The van der Waals surface area contributed by atoms with Crippen LogP contribution in [0, 0.1) is 6.92 Å². The van der Waals surface area contributed by atoms with Gasteiger partial charge in [0.1, 0.15) is 6.61 Å². The van der Waals surface area contributed by atoms with E-state index in [-0.39, 0.29) is 12.2 Å². The number of aromatic nitrogens is 2. The summed E-state index contributed by atoms with van der Waals surface area (Å²) < 4.78 is 50.8. The average Bonchev–Trinajstić information content (AvgIpc) is 2.72. The Labute approximate surface area is 167 Å². The molecule has 1 aromatic heterocycles. The molecule has 0 amide bonds. The number of aryl methyl sites for hydroxylation is 1. The van der Waals surface area contributed by atoms with Crippen molar-refractivity contribution in [2.24, 2.45) is 0 Å². The third-order valence-electron chi connectivity index (χ3n) is 5.43. The molecule has 4 rings (SSSR count). The number of benzene rings is 1. The van der Waals surface area contributed by atoms with E-state index in [4.69, 9.17) is 9.47 Å². The second kappa shape index (κ2) is 8.16. The van der Waals surface area contributed by atoms with Crippen molar-refractivity contribution < 1.29 is 22.6 Å². The van der Waals surface area contributed by atoms with Crippen molar-refractivity contribution in [3.05, 3.63) is 47.3 Å². The van der Waals surface area contributed by atoms with Crippen LogP contribution in [-0.4, -0.2) is 60.3 Å². The second-order valence-electron chi connectivity index (χ2n) is 7.32. The Morgan fingerprint density at radius 3 is 2.72 bits per heavy atom. The second-order valence-corrected chi connectivity index (χ2v) is 7.32. The molecule has 0 saturated carbocycles. The van der Waals surface area contributed by atoms with Gasteiger partial charge in [-0.3, -0.25) is 4.90 Å². The van der Waals surface area contributed by atoms with Gasteiger partial charge in [0.25, 0.3) is 0 Å². The summed E-state index contributed by atoms with van der Waals surface area (Å²) in [6.07, 6.45) is -1.40. The van der Waals surface area contributed by atoms with Gasteiger partial charge in [0.2, 0.25) is 5.95 Å². The number of rotatable bonds is 4. The van der Waals surface area contributed by atoms with Crippen molar-refractivity contribution in [3.8, 4) is 5.75 Å². The van der Waals surface area contributed by atoms with E-state index in [2.05, 4.69) is 19.8 Å². The first-order valence-electron chi connectivity index (χ1n) is 9.59. The Morgan fingerprint density at radius 2 is 1.97 bits per heavy atom. The molecule has 3 heterocycles. The predicted molar refractivity (Wildman–Crippen MR) is 101 cm³/mol. The highest BCUT2D eigenvalue weighted by Crippen LogP contribution is 2.33. The number of halogens is 3. The van der Waals surface area contributed by atoms with Gasteiger partial charge in [-0.25, -0.2) is 9.97 Å². The quantitative estimate of drug-likeness (QED) is 0.776. The lowest BCUT2D eigenvalue weighted by Gasteiger charge is -2.43. The molecule has 1 unspecified atom stereocenters. The number of hydrogen-bond donors (Lipinski definition) is 0. The van der Waals surface area contributed by atoms with E-state index in [0.29, 0.717) is 29.9 Å². The van der Waals surface area contributed by atoms with E-state index < -0.39 is 11.7 Å². The van der Waals surface area contributed by atoms with Crippen molar-refractivity contribution in [2.45, 2.75) is 25.7 Å². The first-order valence-corrected chi connectivity index (χ1v) is 9.59. The predicted octanol–water partition coefficient (Wildman–Crippen LogP) is 2.90. The fourth-order valence-electron chi connectivity index (χ4n) is 3.79. The molecule has 2 saturated heterocycles. The Morgan fingerprint density at radius 1 is 1.17 bits per heavy atom. The normalized spacial score (nSPS) is 20.4. The smallest absolute Gasteiger partial charge is 0.416 e. The minimum Gasteiger partial charge on any atom is -0.486 e. The van der Waals surface area contributed by atoms with Crippen LogP contribution in [0.3, 0.4) is 0 Å². The molecule has 2 fully saturated rings. The SMILES string of the molecule is Cc1cccc(C(F)(F)F)c1COc1cnc(N2CCN3CCOCC3C2)nc1. The van der Waals surface area contributed by atoms with Gasteiger partial charge in [-0.05, 0) is 18.6 Å². The summed E-state index contributed by atoms with van der Waals surface area (Å²) in [4.78, 5) is 13.2. The topological polar surface area (TPSA) is 50.7 Å². The third-order valence-corrected chi connectivity index (χ3v) is 5.43. The fourth-order valence-corrected chi connectivity index (χ4v) is 3.79. The van der Waals surface area contributed by atoms with Crippen molar-refractivity contribution in [1.29, 1.82) is 0 Å². The summed E-state index contributed by atoms with van der Waals surface area (Å²) in [5, 5.41) is 0. The lowest BCUT2D eigenvalue weighted by molar-refractivity contribution is -0.138. The molecule has 1 aromatic carbocycles. The maximum atomic E-state index is 13.2. The van der Waals surface area contributed by atoms with Gasteiger partial charge in [0, 0.05) is 31.7 Å². The lowest BCUT2D eigenvalue weighted by atomic mass is 10.0. The average molecular weight is 408 g/mol. The van der Waals surface area contributed by atoms with E-state index in [1.165, 1.54) is 18.5 Å². The summed E-state index contributed by atoms with van der Waals surface area (Å²) in [5.41, 5.74) is -0.0231. The monoisotopic (exact) mass is 408 g/mol. The summed E-state index contributed by atoms with van der Waals surface area (Å²) in [7, 11) is 0. The zero-order valence-corrected chi connectivity index (χ0v) is 16.2. The van der Waals surface area contributed by atoms with E-state index in [1.807, 2.05) is 0 Å². The van der Waals surface area contributed by atoms with E-state index in [0.717, 1.165) is 38.9 Å². The number of alkyl halides is 3. The zero-order chi connectivity index (χ0) is 20.4. The Balaban J connectivity index is 1.41. The van der Waals surface area contributed by atoms with Gasteiger partial charge >= 0.3 is 6.18 Å². The van der Waals surface area contributed by atoms with Crippen LogP contribution in [0.5, 0.6) is 5.75 Å². The number of fused-ring (bicyclic) bond motifs is 1. The van der Waals surface area contributed by atoms with Gasteiger partial charge < -0.3 is 14.4 Å². The third kappa shape index (κ3) is 4.45. The van der Waals surface area contributed by atoms with E-state index in [9.17, 15) is 13.2 Å². The zero-order valence-electron chi connectivity index (χ0n) is 16.2. The van der Waals surface area contributed by atoms with Crippen LogP contribution in [0.4, 0.5) is 19.1 Å².